The molecule has 5 heteroatoms. The number of hydrogen-bond donors (Lipinski definition) is 2. The summed E-state index contributed by atoms with van der Waals surface area (Å²) in [5.74, 6) is 0.565. The van der Waals surface area contributed by atoms with Crippen molar-refractivity contribution in [2.75, 3.05) is 26.2 Å². The highest BCUT2D eigenvalue weighted by molar-refractivity contribution is 6.59. The van der Waals surface area contributed by atoms with Crippen molar-refractivity contribution < 1.29 is 14.8 Å². The standard InChI is InChI=1S/C13H20BNO3/c1-11-4-5-13(12(10-11)14(16)17)18-9-8-15-6-2-3-7-15/h4-5,10,16-17H,2-3,6-9H2,1H3. The number of benzene rings is 1. The molecule has 0 aliphatic carbocycles. The fourth-order valence-electron chi connectivity index (χ4n) is 2.29. The Bertz CT molecular complexity index is 392. The van der Waals surface area contributed by atoms with Crippen LogP contribution >= 0.6 is 0 Å². The first-order valence-corrected chi connectivity index (χ1v) is 6.48. The van der Waals surface area contributed by atoms with Gasteiger partial charge in [0.15, 0.2) is 0 Å². The Morgan fingerprint density at radius 1 is 1.28 bits per heavy atom. The van der Waals surface area contributed by atoms with E-state index in [9.17, 15) is 10.0 Å². The smallest absolute Gasteiger partial charge is 0.492 e. The summed E-state index contributed by atoms with van der Waals surface area (Å²) in [5.41, 5.74) is 1.43. The lowest BCUT2D eigenvalue weighted by Crippen LogP contribution is -2.33. The molecular weight excluding hydrogens is 229 g/mol. The summed E-state index contributed by atoms with van der Waals surface area (Å²) in [5, 5.41) is 18.6. The first-order chi connectivity index (χ1) is 8.66. The molecule has 0 radical (unpaired) electrons. The normalized spacial score (nSPS) is 15.9. The Kier molecular flexibility index (Phi) is 4.63. The molecule has 0 unspecified atom stereocenters. The van der Waals surface area contributed by atoms with Crippen LogP contribution in [0.15, 0.2) is 18.2 Å². The molecule has 1 aromatic rings. The van der Waals surface area contributed by atoms with E-state index in [1.165, 1.54) is 12.8 Å². The zero-order chi connectivity index (χ0) is 13.0. The van der Waals surface area contributed by atoms with Crippen molar-refractivity contribution in [3.8, 4) is 5.75 Å². The number of ether oxygens (including phenoxy) is 1. The van der Waals surface area contributed by atoms with Crippen molar-refractivity contribution in [3.05, 3.63) is 23.8 Å². The lowest BCUT2D eigenvalue weighted by Gasteiger charge is -2.16. The molecule has 4 nitrogen and oxygen atoms in total. The van der Waals surface area contributed by atoms with E-state index in [0.29, 0.717) is 17.8 Å². The minimum Gasteiger partial charge on any atom is -0.493 e. The van der Waals surface area contributed by atoms with E-state index < -0.39 is 7.12 Å². The average molecular weight is 249 g/mol. The molecule has 0 saturated carbocycles. The van der Waals surface area contributed by atoms with E-state index in [-0.39, 0.29) is 0 Å². The fraction of sp³-hybridized carbons (Fsp3) is 0.538. The predicted octanol–water partition coefficient (Wildman–Crippen LogP) is 0.149. The lowest BCUT2D eigenvalue weighted by molar-refractivity contribution is 0.238. The van der Waals surface area contributed by atoms with Crippen LogP contribution in [0.2, 0.25) is 0 Å². The topological polar surface area (TPSA) is 52.9 Å². The van der Waals surface area contributed by atoms with E-state index in [4.69, 9.17) is 4.74 Å². The molecular formula is C13H20BNO3. The summed E-state index contributed by atoms with van der Waals surface area (Å²) in [6.45, 7) is 5.69. The zero-order valence-electron chi connectivity index (χ0n) is 10.8. The van der Waals surface area contributed by atoms with E-state index in [1.54, 1.807) is 12.1 Å². The second kappa shape index (κ2) is 6.23. The molecule has 98 valence electrons. The summed E-state index contributed by atoms with van der Waals surface area (Å²) < 4.78 is 5.65. The molecule has 18 heavy (non-hydrogen) atoms. The van der Waals surface area contributed by atoms with Crippen LogP contribution in [0.4, 0.5) is 0 Å². The number of rotatable bonds is 5. The second-order valence-corrected chi connectivity index (χ2v) is 4.81. The van der Waals surface area contributed by atoms with Crippen LogP contribution in [0.5, 0.6) is 5.75 Å². The molecule has 0 spiro atoms. The summed E-state index contributed by atoms with van der Waals surface area (Å²) >= 11 is 0. The summed E-state index contributed by atoms with van der Waals surface area (Å²) in [4.78, 5) is 2.36. The van der Waals surface area contributed by atoms with Crippen LogP contribution in [0.25, 0.3) is 0 Å². The van der Waals surface area contributed by atoms with Crippen molar-refractivity contribution in [2.45, 2.75) is 19.8 Å². The van der Waals surface area contributed by atoms with E-state index in [1.807, 2.05) is 13.0 Å². The molecule has 2 rings (SSSR count). The maximum atomic E-state index is 9.30. The van der Waals surface area contributed by atoms with Gasteiger partial charge in [0.25, 0.3) is 0 Å². The quantitative estimate of drug-likeness (QED) is 0.729. The molecule has 1 fully saturated rings. The van der Waals surface area contributed by atoms with Gasteiger partial charge in [0.1, 0.15) is 12.4 Å². The van der Waals surface area contributed by atoms with Crippen molar-refractivity contribution in [1.29, 1.82) is 0 Å². The van der Waals surface area contributed by atoms with Crippen LogP contribution in [0, 0.1) is 6.92 Å². The first-order valence-electron chi connectivity index (χ1n) is 6.48. The van der Waals surface area contributed by atoms with Gasteiger partial charge in [-0.15, -0.1) is 0 Å². The van der Waals surface area contributed by atoms with Crippen LogP contribution < -0.4 is 10.2 Å². The highest BCUT2D eigenvalue weighted by atomic mass is 16.5. The van der Waals surface area contributed by atoms with Gasteiger partial charge in [-0.25, -0.2) is 0 Å². The van der Waals surface area contributed by atoms with Gasteiger partial charge < -0.3 is 14.8 Å². The molecule has 0 bridgehead atoms. The largest absolute Gasteiger partial charge is 0.493 e. The molecule has 1 heterocycles. The average Bonchev–Trinajstić information content (AvgIpc) is 2.84. The highest BCUT2D eigenvalue weighted by Gasteiger charge is 2.18. The molecule has 1 aromatic carbocycles. The van der Waals surface area contributed by atoms with Gasteiger partial charge in [-0.05, 0) is 38.9 Å². The second-order valence-electron chi connectivity index (χ2n) is 4.81. The third-order valence-electron chi connectivity index (χ3n) is 3.31. The zero-order valence-corrected chi connectivity index (χ0v) is 10.8. The Balaban J connectivity index is 1.91. The van der Waals surface area contributed by atoms with Gasteiger partial charge in [-0.2, -0.15) is 0 Å². The first kappa shape index (κ1) is 13.4. The number of likely N-dealkylation sites (tertiary alicyclic amines) is 1. The van der Waals surface area contributed by atoms with Gasteiger partial charge in [0.2, 0.25) is 0 Å². The van der Waals surface area contributed by atoms with Crippen LogP contribution in [0.1, 0.15) is 18.4 Å². The predicted molar refractivity (Wildman–Crippen MR) is 72.2 cm³/mol. The molecule has 1 aliphatic heterocycles. The third kappa shape index (κ3) is 3.48. The van der Waals surface area contributed by atoms with Gasteiger partial charge in [0, 0.05) is 12.0 Å². The van der Waals surface area contributed by atoms with E-state index >= 15 is 0 Å². The molecule has 1 aliphatic rings. The van der Waals surface area contributed by atoms with Crippen molar-refractivity contribution in [1.82, 2.24) is 4.90 Å². The van der Waals surface area contributed by atoms with E-state index in [2.05, 4.69) is 4.90 Å². The highest BCUT2D eigenvalue weighted by Crippen LogP contribution is 2.11. The Morgan fingerprint density at radius 3 is 2.67 bits per heavy atom. The number of nitrogens with zero attached hydrogens (tertiary/aromatic N) is 1. The summed E-state index contributed by atoms with van der Waals surface area (Å²) in [6, 6.07) is 5.46. The molecule has 2 N–H and O–H groups in total. The van der Waals surface area contributed by atoms with Crippen molar-refractivity contribution in [3.63, 3.8) is 0 Å². The van der Waals surface area contributed by atoms with E-state index in [0.717, 1.165) is 25.2 Å². The molecule has 0 amide bonds. The van der Waals surface area contributed by atoms with Gasteiger partial charge in [-0.1, -0.05) is 17.7 Å². The van der Waals surface area contributed by atoms with Crippen molar-refractivity contribution in [2.24, 2.45) is 0 Å². The minimum absolute atomic E-state index is 0.441. The Morgan fingerprint density at radius 2 is 2.00 bits per heavy atom. The summed E-state index contributed by atoms with van der Waals surface area (Å²) in [6.07, 6.45) is 2.54. The third-order valence-corrected chi connectivity index (χ3v) is 3.31. The summed E-state index contributed by atoms with van der Waals surface area (Å²) in [7, 11) is -1.48. The van der Waals surface area contributed by atoms with Crippen LogP contribution in [-0.2, 0) is 0 Å². The monoisotopic (exact) mass is 249 g/mol. The molecule has 0 atom stereocenters. The maximum absolute atomic E-state index is 9.30. The fourth-order valence-corrected chi connectivity index (χ4v) is 2.29. The Labute approximate surface area is 108 Å². The van der Waals surface area contributed by atoms with Gasteiger partial charge in [0.05, 0.1) is 0 Å². The molecule has 1 saturated heterocycles. The Hall–Kier alpha value is -1.04. The lowest BCUT2D eigenvalue weighted by atomic mass is 9.79. The van der Waals surface area contributed by atoms with Gasteiger partial charge >= 0.3 is 7.12 Å². The number of hydrogen-bond acceptors (Lipinski definition) is 4. The van der Waals surface area contributed by atoms with Crippen LogP contribution in [-0.4, -0.2) is 48.3 Å². The van der Waals surface area contributed by atoms with Crippen LogP contribution in [0.3, 0.4) is 0 Å². The molecule has 0 aromatic heterocycles. The number of aryl methyl sites for hydroxylation is 1. The van der Waals surface area contributed by atoms with Gasteiger partial charge in [-0.3, -0.25) is 4.90 Å². The maximum Gasteiger partial charge on any atom is 0.492 e. The van der Waals surface area contributed by atoms with Crippen molar-refractivity contribution >= 4 is 12.6 Å². The SMILES string of the molecule is Cc1ccc(OCCN2CCCC2)c(B(O)O)c1. The minimum atomic E-state index is -1.48.